The van der Waals surface area contributed by atoms with E-state index in [1.807, 2.05) is 16.7 Å². The van der Waals surface area contributed by atoms with Crippen molar-refractivity contribution in [2.45, 2.75) is 37.8 Å². The molecule has 1 aliphatic rings. The zero-order chi connectivity index (χ0) is 20.9. The number of nitrogens with one attached hydrogen (secondary N) is 1. The predicted molar refractivity (Wildman–Crippen MR) is 100 cm³/mol. The molecule has 7 nitrogen and oxygen atoms in total. The maximum atomic E-state index is 13.2. The van der Waals surface area contributed by atoms with E-state index in [0.717, 1.165) is 48.5 Å². The Bertz CT molecular complexity index is 1280. The largest absolute Gasteiger partial charge is 0.417 e. The predicted octanol–water partition coefficient (Wildman–Crippen LogP) is 4.02. The van der Waals surface area contributed by atoms with Crippen molar-refractivity contribution in [1.29, 1.82) is 5.26 Å². The third-order valence-electron chi connectivity index (χ3n) is 5.76. The monoisotopic (exact) mass is 411 g/mol. The quantitative estimate of drug-likeness (QED) is 0.549. The Labute approximate surface area is 168 Å². The molecule has 1 aliphatic carbocycles. The average molecular weight is 411 g/mol. The molecule has 4 aromatic rings. The summed E-state index contributed by atoms with van der Waals surface area (Å²) in [4.78, 5) is 11.5. The molecule has 10 heteroatoms. The smallest absolute Gasteiger partial charge is 0.345 e. The summed E-state index contributed by atoms with van der Waals surface area (Å²) in [5.41, 5.74) is 1.31. The van der Waals surface area contributed by atoms with Crippen LogP contribution in [0.25, 0.3) is 16.8 Å². The van der Waals surface area contributed by atoms with Crippen molar-refractivity contribution in [3.8, 4) is 6.07 Å². The number of H-pyrrole nitrogens is 1. The Morgan fingerprint density at radius 1 is 1.20 bits per heavy atom. The lowest BCUT2D eigenvalue weighted by Crippen LogP contribution is -2.11. The van der Waals surface area contributed by atoms with Crippen LogP contribution in [0, 0.1) is 17.2 Å². The molecule has 2 atom stereocenters. The Morgan fingerprint density at radius 3 is 2.87 bits per heavy atom. The molecular formula is C20H16F3N7. The van der Waals surface area contributed by atoms with Crippen LogP contribution < -0.4 is 0 Å². The number of hydrogen-bond acceptors (Lipinski definition) is 5. The van der Waals surface area contributed by atoms with Crippen LogP contribution in [-0.2, 0) is 12.6 Å². The van der Waals surface area contributed by atoms with Gasteiger partial charge in [0.2, 0.25) is 0 Å². The number of aromatic amines is 1. The second-order valence-electron chi connectivity index (χ2n) is 7.63. The van der Waals surface area contributed by atoms with Gasteiger partial charge in [0, 0.05) is 24.0 Å². The van der Waals surface area contributed by atoms with Gasteiger partial charge in [-0.2, -0.15) is 18.4 Å². The third kappa shape index (κ3) is 3.07. The highest BCUT2D eigenvalue weighted by Crippen LogP contribution is 2.40. The molecule has 0 spiro atoms. The number of nitriles is 1. The van der Waals surface area contributed by atoms with Gasteiger partial charge in [-0.25, -0.2) is 4.98 Å². The van der Waals surface area contributed by atoms with Gasteiger partial charge in [-0.1, -0.05) is 0 Å². The first-order chi connectivity index (χ1) is 14.4. The first kappa shape index (κ1) is 18.5. The van der Waals surface area contributed by atoms with E-state index < -0.39 is 17.3 Å². The number of nitrogens with zero attached hydrogens (tertiary/aromatic N) is 6. The first-order valence-electron chi connectivity index (χ1n) is 9.57. The zero-order valence-electron chi connectivity index (χ0n) is 15.7. The van der Waals surface area contributed by atoms with Crippen LogP contribution >= 0.6 is 0 Å². The van der Waals surface area contributed by atoms with Gasteiger partial charge in [-0.15, -0.1) is 10.2 Å². The maximum absolute atomic E-state index is 13.2. The van der Waals surface area contributed by atoms with Gasteiger partial charge in [-0.05, 0) is 43.7 Å². The number of halogens is 3. The Hall–Kier alpha value is -3.48. The highest BCUT2D eigenvalue weighted by atomic mass is 19.4. The van der Waals surface area contributed by atoms with E-state index in [1.165, 1.54) is 0 Å². The molecule has 1 N–H and O–H groups in total. The van der Waals surface area contributed by atoms with E-state index in [-0.39, 0.29) is 11.8 Å². The number of aromatic nitrogens is 6. The van der Waals surface area contributed by atoms with Crippen molar-refractivity contribution in [3.63, 3.8) is 0 Å². The summed E-state index contributed by atoms with van der Waals surface area (Å²) in [5.74, 6) is 1.20. The fourth-order valence-electron chi connectivity index (χ4n) is 4.39. The van der Waals surface area contributed by atoms with E-state index >= 15 is 0 Å². The number of alkyl halides is 3. The highest BCUT2D eigenvalue weighted by Gasteiger charge is 2.35. The van der Waals surface area contributed by atoms with Gasteiger partial charge in [0.25, 0.3) is 0 Å². The van der Waals surface area contributed by atoms with Crippen LogP contribution in [0.3, 0.4) is 0 Å². The van der Waals surface area contributed by atoms with Crippen molar-refractivity contribution in [1.82, 2.24) is 29.5 Å². The Balaban J connectivity index is 1.39. The second-order valence-corrected chi connectivity index (χ2v) is 7.63. The van der Waals surface area contributed by atoms with Gasteiger partial charge in [0.05, 0.1) is 22.8 Å². The summed E-state index contributed by atoms with van der Waals surface area (Å²) in [7, 11) is 0. The molecule has 4 aromatic heterocycles. The minimum Gasteiger partial charge on any atom is -0.345 e. The molecule has 5 rings (SSSR count). The molecule has 0 radical (unpaired) electrons. The molecule has 0 aliphatic heterocycles. The van der Waals surface area contributed by atoms with Crippen LogP contribution in [0.4, 0.5) is 13.2 Å². The van der Waals surface area contributed by atoms with E-state index in [2.05, 4.69) is 25.1 Å². The van der Waals surface area contributed by atoms with Gasteiger partial charge in [-0.3, -0.25) is 9.38 Å². The van der Waals surface area contributed by atoms with Crippen LogP contribution in [0.5, 0.6) is 0 Å². The second kappa shape index (κ2) is 6.79. The zero-order valence-corrected chi connectivity index (χ0v) is 15.7. The lowest BCUT2D eigenvalue weighted by atomic mass is 9.97. The number of pyridine rings is 1. The molecule has 1 saturated carbocycles. The topological polar surface area (TPSA) is 95.5 Å². The minimum atomic E-state index is -4.57. The normalized spacial score (nSPS) is 19.5. The van der Waals surface area contributed by atoms with Crippen LogP contribution in [0.15, 0.2) is 30.7 Å². The van der Waals surface area contributed by atoms with E-state index in [4.69, 9.17) is 5.26 Å². The highest BCUT2D eigenvalue weighted by molar-refractivity contribution is 5.74. The Morgan fingerprint density at radius 2 is 2.07 bits per heavy atom. The minimum absolute atomic E-state index is 0.158. The molecule has 0 saturated heterocycles. The maximum Gasteiger partial charge on any atom is 0.417 e. The number of rotatable bonds is 3. The molecule has 0 unspecified atom stereocenters. The fraction of sp³-hybridized carbons (Fsp3) is 0.350. The number of fused-ring (bicyclic) bond motifs is 3. The van der Waals surface area contributed by atoms with Gasteiger partial charge in [0.15, 0.2) is 11.3 Å². The lowest BCUT2D eigenvalue weighted by Gasteiger charge is -2.13. The number of hydrogen-bond donors (Lipinski definition) is 1. The van der Waals surface area contributed by atoms with Gasteiger partial charge in [0.1, 0.15) is 11.9 Å². The molecular weight excluding hydrogens is 395 g/mol. The Kier molecular flexibility index (Phi) is 4.20. The van der Waals surface area contributed by atoms with Gasteiger partial charge < -0.3 is 4.98 Å². The molecule has 0 aromatic carbocycles. The van der Waals surface area contributed by atoms with E-state index in [9.17, 15) is 13.2 Å². The van der Waals surface area contributed by atoms with Crippen molar-refractivity contribution < 1.29 is 13.2 Å². The van der Waals surface area contributed by atoms with E-state index in [0.29, 0.717) is 17.8 Å². The summed E-state index contributed by atoms with van der Waals surface area (Å²) in [5, 5.41) is 17.5. The van der Waals surface area contributed by atoms with Crippen molar-refractivity contribution in [2.75, 3.05) is 0 Å². The van der Waals surface area contributed by atoms with Crippen LogP contribution in [0.2, 0.25) is 0 Å². The summed E-state index contributed by atoms with van der Waals surface area (Å²) in [6, 6.07) is 4.50. The SMILES string of the molecule is N#Cc1cnc(C[C@H]2CC[C@@H](c3nnc4cnc5[nH]ccc5n34)C2)cc1C(F)(F)F. The van der Waals surface area contributed by atoms with Crippen LogP contribution in [0.1, 0.15) is 47.8 Å². The average Bonchev–Trinajstić information content (AvgIpc) is 3.45. The summed E-state index contributed by atoms with van der Waals surface area (Å²) in [6.45, 7) is 0. The standard InChI is InChI=1S/C20H16F3N7/c21-20(22,23)15-7-14(26-9-13(15)8-24)6-11-1-2-12(5-11)19-29-28-17-10-27-18-16(30(17)19)3-4-25-18/h3-4,7,9-12,25H,1-2,5-6H2/t11-,12+/m0/s1. The molecule has 0 bridgehead atoms. The van der Waals surface area contributed by atoms with E-state index in [1.54, 1.807) is 12.3 Å². The van der Waals surface area contributed by atoms with Crippen molar-refractivity contribution in [3.05, 3.63) is 53.4 Å². The summed E-state index contributed by atoms with van der Waals surface area (Å²) < 4.78 is 41.7. The van der Waals surface area contributed by atoms with Crippen LogP contribution in [-0.4, -0.2) is 29.5 Å². The molecule has 152 valence electrons. The van der Waals surface area contributed by atoms with Crippen molar-refractivity contribution in [2.24, 2.45) is 5.92 Å². The molecule has 1 fully saturated rings. The van der Waals surface area contributed by atoms with Gasteiger partial charge >= 0.3 is 6.18 Å². The molecule has 0 amide bonds. The third-order valence-corrected chi connectivity index (χ3v) is 5.76. The fourth-order valence-corrected chi connectivity index (χ4v) is 4.39. The molecule has 30 heavy (non-hydrogen) atoms. The first-order valence-corrected chi connectivity index (χ1v) is 9.57. The lowest BCUT2D eigenvalue weighted by molar-refractivity contribution is -0.137. The summed E-state index contributed by atoms with van der Waals surface area (Å²) >= 11 is 0. The van der Waals surface area contributed by atoms with Crippen molar-refractivity contribution >= 4 is 16.8 Å². The molecule has 4 heterocycles. The summed E-state index contributed by atoms with van der Waals surface area (Å²) in [6.07, 6.45) is 2.89.